The van der Waals surface area contributed by atoms with Crippen LogP contribution in [0.2, 0.25) is 0 Å². The fourth-order valence-electron chi connectivity index (χ4n) is 2.04. The molecule has 0 unspecified atom stereocenters. The third-order valence-electron chi connectivity index (χ3n) is 3.44. The van der Waals surface area contributed by atoms with E-state index in [9.17, 15) is 4.79 Å². The SMILES string of the molecule is CC1(C(=O)O)CCN(Cc2cccs2)CC1. The Balaban J connectivity index is 1.88. The maximum absolute atomic E-state index is 11.1. The molecule has 1 N–H and O–H groups in total. The molecule has 2 rings (SSSR count). The summed E-state index contributed by atoms with van der Waals surface area (Å²) in [5.41, 5.74) is -0.508. The minimum atomic E-state index is -0.650. The Labute approximate surface area is 99.7 Å². The van der Waals surface area contributed by atoms with Gasteiger partial charge >= 0.3 is 5.97 Å². The van der Waals surface area contributed by atoms with Gasteiger partial charge in [0.15, 0.2) is 0 Å². The van der Waals surface area contributed by atoms with Crippen molar-refractivity contribution in [1.82, 2.24) is 4.90 Å². The Bertz CT molecular complexity index is 353. The monoisotopic (exact) mass is 239 g/mol. The van der Waals surface area contributed by atoms with E-state index >= 15 is 0 Å². The molecular weight excluding hydrogens is 222 g/mol. The molecule has 1 aromatic rings. The minimum absolute atomic E-state index is 0.508. The van der Waals surface area contributed by atoms with Gasteiger partial charge in [-0.2, -0.15) is 0 Å². The highest BCUT2D eigenvalue weighted by Crippen LogP contribution is 2.31. The molecule has 16 heavy (non-hydrogen) atoms. The molecule has 1 fully saturated rings. The number of thiophene rings is 1. The lowest BCUT2D eigenvalue weighted by Crippen LogP contribution is -2.42. The average Bonchev–Trinajstić information content (AvgIpc) is 2.74. The molecule has 1 saturated heterocycles. The number of rotatable bonds is 3. The number of hydrogen-bond donors (Lipinski definition) is 1. The molecule has 1 aromatic heterocycles. The van der Waals surface area contributed by atoms with Crippen molar-refractivity contribution >= 4 is 17.3 Å². The van der Waals surface area contributed by atoms with Crippen LogP contribution in [0.5, 0.6) is 0 Å². The standard InChI is InChI=1S/C12H17NO2S/c1-12(11(14)15)4-6-13(7-5-12)9-10-3-2-8-16-10/h2-3,8H,4-7,9H2,1H3,(H,14,15). The predicted molar refractivity (Wildman–Crippen MR) is 64.6 cm³/mol. The minimum Gasteiger partial charge on any atom is -0.481 e. The maximum Gasteiger partial charge on any atom is 0.309 e. The topological polar surface area (TPSA) is 40.5 Å². The first-order valence-corrected chi connectivity index (χ1v) is 6.46. The van der Waals surface area contributed by atoms with Crippen LogP contribution >= 0.6 is 11.3 Å². The highest BCUT2D eigenvalue weighted by Gasteiger charge is 2.36. The molecule has 0 spiro atoms. The van der Waals surface area contributed by atoms with E-state index in [0.717, 1.165) is 32.5 Å². The quantitative estimate of drug-likeness (QED) is 0.880. The molecule has 1 aliphatic rings. The zero-order valence-electron chi connectivity index (χ0n) is 9.48. The van der Waals surface area contributed by atoms with Gasteiger partial charge in [-0.1, -0.05) is 6.07 Å². The van der Waals surface area contributed by atoms with E-state index in [2.05, 4.69) is 22.4 Å². The van der Waals surface area contributed by atoms with Crippen molar-refractivity contribution < 1.29 is 9.90 Å². The lowest BCUT2D eigenvalue weighted by atomic mass is 9.80. The summed E-state index contributed by atoms with van der Waals surface area (Å²) in [7, 11) is 0. The van der Waals surface area contributed by atoms with E-state index in [1.54, 1.807) is 11.3 Å². The fourth-order valence-corrected chi connectivity index (χ4v) is 2.79. The number of aliphatic carboxylic acids is 1. The summed E-state index contributed by atoms with van der Waals surface area (Å²) in [6, 6.07) is 4.20. The van der Waals surface area contributed by atoms with Crippen molar-refractivity contribution in [2.24, 2.45) is 5.41 Å². The molecule has 0 aromatic carbocycles. The number of piperidine rings is 1. The van der Waals surface area contributed by atoms with Gasteiger partial charge in [-0.3, -0.25) is 9.69 Å². The normalized spacial score (nSPS) is 20.8. The van der Waals surface area contributed by atoms with Crippen molar-refractivity contribution in [2.45, 2.75) is 26.3 Å². The lowest BCUT2D eigenvalue weighted by molar-refractivity contribution is -0.150. The van der Waals surface area contributed by atoms with Crippen molar-refractivity contribution in [1.29, 1.82) is 0 Å². The summed E-state index contributed by atoms with van der Waals surface area (Å²) >= 11 is 1.76. The van der Waals surface area contributed by atoms with Gasteiger partial charge in [-0.25, -0.2) is 0 Å². The predicted octanol–water partition coefficient (Wildman–Crippen LogP) is 2.43. The highest BCUT2D eigenvalue weighted by atomic mass is 32.1. The van der Waals surface area contributed by atoms with Crippen LogP contribution in [0.3, 0.4) is 0 Å². The van der Waals surface area contributed by atoms with Crippen LogP contribution in [-0.4, -0.2) is 29.1 Å². The first-order valence-electron chi connectivity index (χ1n) is 5.58. The zero-order valence-corrected chi connectivity index (χ0v) is 10.3. The van der Waals surface area contributed by atoms with E-state index in [-0.39, 0.29) is 0 Å². The Morgan fingerprint density at radius 1 is 1.56 bits per heavy atom. The van der Waals surface area contributed by atoms with Gasteiger partial charge in [0.05, 0.1) is 5.41 Å². The summed E-state index contributed by atoms with van der Waals surface area (Å²) in [6.45, 7) is 4.60. The summed E-state index contributed by atoms with van der Waals surface area (Å²) in [5, 5.41) is 11.2. The number of carbonyl (C=O) groups is 1. The summed E-state index contributed by atoms with van der Waals surface area (Å²) in [5.74, 6) is -0.650. The second-order valence-electron chi connectivity index (χ2n) is 4.72. The number of likely N-dealkylation sites (tertiary alicyclic amines) is 1. The first-order chi connectivity index (χ1) is 7.60. The molecule has 3 nitrogen and oxygen atoms in total. The summed E-state index contributed by atoms with van der Waals surface area (Å²) < 4.78 is 0. The van der Waals surface area contributed by atoms with Gasteiger partial charge in [-0.05, 0) is 44.3 Å². The van der Waals surface area contributed by atoms with E-state index in [4.69, 9.17) is 5.11 Å². The van der Waals surface area contributed by atoms with Crippen LogP contribution in [0.1, 0.15) is 24.6 Å². The largest absolute Gasteiger partial charge is 0.481 e. The van der Waals surface area contributed by atoms with Crippen LogP contribution in [0, 0.1) is 5.41 Å². The second-order valence-corrected chi connectivity index (χ2v) is 5.75. The van der Waals surface area contributed by atoms with E-state index < -0.39 is 11.4 Å². The molecule has 0 saturated carbocycles. The molecular formula is C12H17NO2S. The Morgan fingerprint density at radius 2 is 2.25 bits per heavy atom. The molecule has 0 atom stereocenters. The molecule has 1 aliphatic heterocycles. The van der Waals surface area contributed by atoms with E-state index in [0.29, 0.717) is 0 Å². The molecule has 0 bridgehead atoms. The van der Waals surface area contributed by atoms with Crippen molar-refractivity contribution in [2.75, 3.05) is 13.1 Å². The van der Waals surface area contributed by atoms with Crippen LogP contribution in [0.4, 0.5) is 0 Å². The van der Waals surface area contributed by atoms with Gasteiger partial charge in [0, 0.05) is 11.4 Å². The number of nitrogens with zero attached hydrogens (tertiary/aromatic N) is 1. The summed E-state index contributed by atoms with van der Waals surface area (Å²) in [6.07, 6.45) is 1.52. The molecule has 2 heterocycles. The van der Waals surface area contributed by atoms with Crippen molar-refractivity contribution in [3.63, 3.8) is 0 Å². The second kappa shape index (κ2) is 4.55. The van der Waals surface area contributed by atoms with Crippen LogP contribution < -0.4 is 0 Å². The molecule has 88 valence electrons. The zero-order chi connectivity index (χ0) is 11.6. The van der Waals surface area contributed by atoms with Gasteiger partial charge in [0.1, 0.15) is 0 Å². The number of hydrogen-bond acceptors (Lipinski definition) is 3. The Morgan fingerprint density at radius 3 is 2.75 bits per heavy atom. The molecule has 4 heteroatoms. The Kier molecular flexibility index (Phi) is 3.30. The first kappa shape index (κ1) is 11.6. The lowest BCUT2D eigenvalue weighted by Gasteiger charge is -2.36. The number of carboxylic acid groups (broad SMARTS) is 1. The fraction of sp³-hybridized carbons (Fsp3) is 0.583. The van der Waals surface area contributed by atoms with Gasteiger partial charge in [0.2, 0.25) is 0 Å². The van der Waals surface area contributed by atoms with Crippen LogP contribution in [0.15, 0.2) is 17.5 Å². The Hall–Kier alpha value is -0.870. The van der Waals surface area contributed by atoms with Crippen molar-refractivity contribution in [3.05, 3.63) is 22.4 Å². The van der Waals surface area contributed by atoms with Gasteiger partial charge < -0.3 is 5.11 Å². The van der Waals surface area contributed by atoms with Crippen LogP contribution in [0.25, 0.3) is 0 Å². The molecule has 0 aliphatic carbocycles. The average molecular weight is 239 g/mol. The third kappa shape index (κ3) is 2.44. The van der Waals surface area contributed by atoms with E-state index in [1.807, 2.05) is 6.92 Å². The summed E-state index contributed by atoms with van der Waals surface area (Å²) in [4.78, 5) is 14.8. The number of carboxylic acids is 1. The van der Waals surface area contributed by atoms with Crippen LogP contribution in [-0.2, 0) is 11.3 Å². The maximum atomic E-state index is 11.1. The van der Waals surface area contributed by atoms with Gasteiger partial charge in [-0.15, -0.1) is 11.3 Å². The molecule has 0 radical (unpaired) electrons. The van der Waals surface area contributed by atoms with E-state index in [1.165, 1.54) is 4.88 Å². The molecule has 0 amide bonds. The third-order valence-corrected chi connectivity index (χ3v) is 4.30. The van der Waals surface area contributed by atoms with Crippen molar-refractivity contribution in [3.8, 4) is 0 Å². The highest BCUT2D eigenvalue weighted by molar-refractivity contribution is 7.09. The van der Waals surface area contributed by atoms with Gasteiger partial charge in [0.25, 0.3) is 0 Å². The smallest absolute Gasteiger partial charge is 0.309 e.